The zero-order valence-electron chi connectivity index (χ0n) is 14.9. The molecule has 0 N–H and O–H groups in total. The molecule has 0 atom stereocenters. The second-order valence-corrected chi connectivity index (χ2v) is 6.75. The highest BCUT2D eigenvalue weighted by Crippen LogP contribution is 2.22. The van der Waals surface area contributed by atoms with Gasteiger partial charge < -0.3 is 13.8 Å². The molecule has 28 heavy (non-hydrogen) atoms. The van der Waals surface area contributed by atoms with Gasteiger partial charge in [-0.25, -0.2) is 0 Å². The number of halogens is 1. The van der Waals surface area contributed by atoms with Crippen LogP contribution in [0.25, 0.3) is 11.5 Å². The number of hydrogen-bond acceptors (Lipinski definition) is 4. The second kappa shape index (κ2) is 8.15. The topological polar surface area (TPSA) is 59.5 Å². The van der Waals surface area contributed by atoms with Gasteiger partial charge in [-0.05, 0) is 42.0 Å². The first-order chi connectivity index (χ1) is 13.7. The third kappa shape index (κ3) is 4.15. The molecule has 5 nitrogen and oxygen atoms in total. The Morgan fingerprint density at radius 2 is 1.71 bits per heavy atom. The molecule has 0 aliphatic heterocycles. The summed E-state index contributed by atoms with van der Waals surface area (Å²) >= 11 is 5.95. The van der Waals surface area contributed by atoms with Gasteiger partial charge in [0.2, 0.25) is 5.76 Å². The summed E-state index contributed by atoms with van der Waals surface area (Å²) in [5.41, 5.74) is 2.24. The van der Waals surface area contributed by atoms with E-state index in [0.29, 0.717) is 40.9 Å². The normalized spacial score (nSPS) is 10.8. The quantitative estimate of drug-likeness (QED) is 0.439. The minimum Gasteiger partial charge on any atom is -0.461 e. The lowest BCUT2D eigenvalue weighted by Crippen LogP contribution is -2.30. The van der Waals surface area contributed by atoms with Gasteiger partial charge in [-0.2, -0.15) is 0 Å². The lowest BCUT2D eigenvalue weighted by Gasteiger charge is -2.22. The zero-order valence-corrected chi connectivity index (χ0v) is 15.7. The van der Waals surface area contributed by atoms with Gasteiger partial charge in [-0.1, -0.05) is 47.1 Å². The first-order valence-corrected chi connectivity index (χ1v) is 9.15. The maximum absolute atomic E-state index is 13.1. The van der Waals surface area contributed by atoms with Crippen LogP contribution < -0.4 is 0 Å². The predicted octanol–water partition coefficient (Wildman–Crippen LogP) is 5.43. The fraction of sp³-hybridized carbons (Fsp3) is 0.0909. The summed E-state index contributed by atoms with van der Waals surface area (Å²) < 4.78 is 10.7. The molecule has 2 heterocycles. The van der Waals surface area contributed by atoms with E-state index in [1.807, 2.05) is 30.3 Å². The number of hydrogen-bond donors (Lipinski definition) is 0. The number of benzene rings is 2. The third-order valence-corrected chi connectivity index (χ3v) is 4.52. The fourth-order valence-electron chi connectivity index (χ4n) is 2.90. The van der Waals surface area contributed by atoms with E-state index in [0.717, 1.165) is 5.56 Å². The standard InChI is InChI=1S/C22H17ClN2O3/c23-18-10-8-17(9-11-18)22(26)25(14-16-5-2-1-3-6-16)15-19-13-21(28-24-19)20-7-4-12-27-20/h1-13H,14-15H2. The minimum absolute atomic E-state index is 0.108. The summed E-state index contributed by atoms with van der Waals surface area (Å²) in [6, 6.07) is 22.0. The number of carbonyl (C=O) groups is 1. The van der Waals surface area contributed by atoms with Crippen molar-refractivity contribution in [2.45, 2.75) is 13.1 Å². The number of carbonyl (C=O) groups excluding carboxylic acids is 1. The van der Waals surface area contributed by atoms with Crippen LogP contribution >= 0.6 is 11.6 Å². The highest BCUT2D eigenvalue weighted by molar-refractivity contribution is 6.30. The van der Waals surface area contributed by atoms with Crippen molar-refractivity contribution >= 4 is 17.5 Å². The van der Waals surface area contributed by atoms with Crippen molar-refractivity contribution in [3.8, 4) is 11.5 Å². The largest absolute Gasteiger partial charge is 0.461 e. The average molecular weight is 393 g/mol. The molecule has 0 unspecified atom stereocenters. The van der Waals surface area contributed by atoms with Crippen LogP contribution in [0, 0.1) is 0 Å². The number of amides is 1. The van der Waals surface area contributed by atoms with Gasteiger partial charge in [-0.3, -0.25) is 4.79 Å². The van der Waals surface area contributed by atoms with Gasteiger partial charge in [0.25, 0.3) is 5.91 Å². The van der Waals surface area contributed by atoms with Crippen molar-refractivity contribution in [3.63, 3.8) is 0 Å². The lowest BCUT2D eigenvalue weighted by atomic mass is 10.1. The summed E-state index contributed by atoms with van der Waals surface area (Å²) in [4.78, 5) is 14.8. The van der Waals surface area contributed by atoms with Crippen LogP contribution in [0.1, 0.15) is 21.6 Å². The Morgan fingerprint density at radius 3 is 2.43 bits per heavy atom. The van der Waals surface area contributed by atoms with Crippen LogP contribution in [0.2, 0.25) is 5.02 Å². The Morgan fingerprint density at radius 1 is 0.929 bits per heavy atom. The Labute approximate surface area is 167 Å². The van der Waals surface area contributed by atoms with Crippen molar-refractivity contribution < 1.29 is 13.7 Å². The summed E-state index contributed by atoms with van der Waals surface area (Å²) in [6.45, 7) is 0.756. The molecule has 0 aliphatic carbocycles. The van der Waals surface area contributed by atoms with Crippen molar-refractivity contribution in [1.82, 2.24) is 10.1 Å². The molecule has 4 aromatic rings. The van der Waals surface area contributed by atoms with Crippen molar-refractivity contribution in [3.05, 3.63) is 101 Å². The maximum Gasteiger partial charge on any atom is 0.254 e. The molecule has 4 rings (SSSR count). The Hall–Kier alpha value is -3.31. The number of aromatic nitrogens is 1. The second-order valence-electron chi connectivity index (χ2n) is 6.31. The van der Waals surface area contributed by atoms with Gasteiger partial charge in [0.15, 0.2) is 5.76 Å². The fourth-order valence-corrected chi connectivity index (χ4v) is 3.02. The van der Waals surface area contributed by atoms with Gasteiger partial charge in [-0.15, -0.1) is 0 Å². The Balaban J connectivity index is 1.59. The number of furan rings is 1. The third-order valence-electron chi connectivity index (χ3n) is 4.27. The molecule has 1 amide bonds. The first-order valence-electron chi connectivity index (χ1n) is 8.77. The number of rotatable bonds is 6. The maximum atomic E-state index is 13.1. The molecule has 2 aromatic heterocycles. The number of nitrogens with zero attached hydrogens (tertiary/aromatic N) is 2. The van der Waals surface area contributed by atoms with E-state index in [2.05, 4.69) is 5.16 Å². The van der Waals surface area contributed by atoms with Gasteiger partial charge in [0, 0.05) is 23.2 Å². The van der Waals surface area contributed by atoms with E-state index in [9.17, 15) is 4.79 Å². The summed E-state index contributed by atoms with van der Waals surface area (Å²) in [5, 5.41) is 4.68. The van der Waals surface area contributed by atoms with E-state index in [1.165, 1.54) is 0 Å². The zero-order chi connectivity index (χ0) is 19.3. The summed E-state index contributed by atoms with van der Waals surface area (Å²) in [5.74, 6) is 1.01. The van der Waals surface area contributed by atoms with E-state index in [4.69, 9.17) is 20.5 Å². The highest BCUT2D eigenvalue weighted by atomic mass is 35.5. The monoisotopic (exact) mass is 392 g/mol. The smallest absolute Gasteiger partial charge is 0.254 e. The Kier molecular flexibility index (Phi) is 5.26. The van der Waals surface area contributed by atoms with Crippen molar-refractivity contribution in [1.29, 1.82) is 0 Å². The summed E-state index contributed by atoms with van der Waals surface area (Å²) in [7, 11) is 0. The molecule has 0 radical (unpaired) electrons. The lowest BCUT2D eigenvalue weighted by molar-refractivity contribution is 0.0726. The van der Waals surface area contributed by atoms with E-state index in [-0.39, 0.29) is 5.91 Å². The van der Waals surface area contributed by atoms with E-state index in [1.54, 1.807) is 53.6 Å². The van der Waals surface area contributed by atoms with Crippen LogP contribution in [-0.2, 0) is 13.1 Å². The van der Waals surface area contributed by atoms with Crippen molar-refractivity contribution in [2.75, 3.05) is 0 Å². The van der Waals surface area contributed by atoms with Crippen LogP contribution in [-0.4, -0.2) is 16.0 Å². The van der Waals surface area contributed by atoms with Crippen molar-refractivity contribution in [2.24, 2.45) is 0 Å². The average Bonchev–Trinajstić information content (AvgIpc) is 3.40. The van der Waals surface area contributed by atoms with E-state index < -0.39 is 0 Å². The highest BCUT2D eigenvalue weighted by Gasteiger charge is 2.19. The van der Waals surface area contributed by atoms with E-state index >= 15 is 0 Å². The first kappa shape index (κ1) is 18.1. The van der Waals surface area contributed by atoms with Crippen LogP contribution in [0.15, 0.2) is 88.0 Å². The van der Waals surface area contributed by atoms with Crippen LogP contribution in [0.5, 0.6) is 0 Å². The van der Waals surface area contributed by atoms with Crippen LogP contribution in [0.4, 0.5) is 0 Å². The molecule has 6 heteroatoms. The Bertz CT molecular complexity index is 1040. The minimum atomic E-state index is -0.108. The molecule has 0 fully saturated rings. The molecular weight excluding hydrogens is 376 g/mol. The molecule has 0 bridgehead atoms. The molecule has 0 saturated heterocycles. The molecule has 0 aliphatic rings. The molecular formula is C22H17ClN2O3. The predicted molar refractivity (Wildman–Crippen MR) is 106 cm³/mol. The van der Waals surface area contributed by atoms with Gasteiger partial charge >= 0.3 is 0 Å². The SMILES string of the molecule is O=C(c1ccc(Cl)cc1)N(Cc1ccccc1)Cc1cc(-c2ccco2)on1. The van der Waals surface area contributed by atoms with Gasteiger partial charge in [0.1, 0.15) is 5.69 Å². The van der Waals surface area contributed by atoms with Crippen LogP contribution in [0.3, 0.4) is 0 Å². The molecule has 140 valence electrons. The molecule has 0 spiro atoms. The molecule has 0 saturated carbocycles. The van der Waals surface area contributed by atoms with Gasteiger partial charge in [0.05, 0.1) is 12.8 Å². The summed E-state index contributed by atoms with van der Waals surface area (Å²) in [6.07, 6.45) is 1.57. The molecule has 2 aromatic carbocycles.